The molecule has 0 saturated carbocycles. The molecule has 1 unspecified atom stereocenters. The van der Waals surface area contributed by atoms with Gasteiger partial charge >= 0.3 is 6.16 Å². The predicted molar refractivity (Wildman–Crippen MR) is 48.2 cm³/mol. The minimum absolute atomic E-state index is 0.00931. The molecule has 1 aliphatic rings. The summed E-state index contributed by atoms with van der Waals surface area (Å²) in [7, 11) is 0. The van der Waals surface area contributed by atoms with E-state index in [2.05, 4.69) is 4.74 Å². The molecular formula is C8H8O5S. The maximum Gasteiger partial charge on any atom is 0.505 e. The Morgan fingerprint density at radius 2 is 2.43 bits per heavy atom. The summed E-state index contributed by atoms with van der Waals surface area (Å²) in [4.78, 5) is 10.1. The Labute approximate surface area is 83.8 Å². The van der Waals surface area contributed by atoms with Crippen molar-refractivity contribution in [3.05, 3.63) is 10.8 Å². The molecule has 0 amide bonds. The van der Waals surface area contributed by atoms with E-state index >= 15 is 0 Å². The van der Waals surface area contributed by atoms with Crippen LogP contribution in [0.3, 0.4) is 0 Å². The van der Waals surface area contributed by atoms with Gasteiger partial charge in [0.1, 0.15) is 13.2 Å². The second-order valence-corrected chi connectivity index (χ2v) is 3.47. The van der Waals surface area contributed by atoms with E-state index in [4.69, 9.17) is 14.6 Å². The minimum atomic E-state index is -1.30. The molecular weight excluding hydrogens is 208 g/mol. The summed E-state index contributed by atoms with van der Waals surface area (Å²) in [5.41, 5.74) is 0. The van der Waals surface area contributed by atoms with Crippen LogP contribution in [0.25, 0.3) is 0 Å². The number of thiophene rings is 1. The van der Waals surface area contributed by atoms with E-state index in [-0.39, 0.29) is 12.7 Å². The Morgan fingerprint density at radius 1 is 1.64 bits per heavy atom. The van der Waals surface area contributed by atoms with Crippen LogP contribution in [0, 0.1) is 0 Å². The molecule has 2 heterocycles. The fourth-order valence-corrected chi connectivity index (χ4v) is 1.78. The van der Waals surface area contributed by atoms with Crippen molar-refractivity contribution in [2.75, 3.05) is 13.2 Å². The second kappa shape index (κ2) is 3.75. The number of carboxylic acid groups (broad SMARTS) is 1. The van der Waals surface area contributed by atoms with Crippen molar-refractivity contribution < 1.29 is 24.1 Å². The van der Waals surface area contributed by atoms with Gasteiger partial charge in [0.05, 0.1) is 0 Å². The van der Waals surface area contributed by atoms with Crippen LogP contribution in [0.15, 0.2) is 10.8 Å². The highest BCUT2D eigenvalue weighted by Gasteiger charge is 2.22. The fraction of sp³-hybridized carbons (Fsp3) is 0.375. The molecule has 14 heavy (non-hydrogen) atoms. The molecule has 76 valence electrons. The number of hydrogen-bond acceptors (Lipinski definition) is 5. The molecule has 0 spiro atoms. The van der Waals surface area contributed by atoms with Crippen LogP contribution in [0.5, 0.6) is 11.5 Å². The molecule has 6 heteroatoms. The molecule has 0 aromatic carbocycles. The Bertz CT molecular complexity index is 334. The monoisotopic (exact) mass is 216 g/mol. The van der Waals surface area contributed by atoms with E-state index in [0.717, 1.165) is 0 Å². The number of ether oxygens (including phenoxy) is 3. The second-order valence-electron chi connectivity index (χ2n) is 2.73. The van der Waals surface area contributed by atoms with Crippen molar-refractivity contribution in [2.45, 2.75) is 6.10 Å². The minimum Gasteiger partial charge on any atom is -0.485 e. The highest BCUT2D eigenvalue weighted by molar-refractivity contribution is 7.08. The summed E-state index contributed by atoms with van der Waals surface area (Å²) >= 11 is 1.47. The van der Waals surface area contributed by atoms with Gasteiger partial charge in [-0.25, -0.2) is 4.79 Å². The van der Waals surface area contributed by atoms with Crippen LogP contribution < -0.4 is 9.47 Å². The molecule has 0 bridgehead atoms. The number of carbonyl (C=O) groups is 1. The lowest BCUT2D eigenvalue weighted by Crippen LogP contribution is -2.33. The van der Waals surface area contributed by atoms with Crippen LogP contribution in [0.2, 0.25) is 0 Å². The van der Waals surface area contributed by atoms with Gasteiger partial charge in [-0.2, -0.15) is 0 Å². The van der Waals surface area contributed by atoms with Crippen LogP contribution in [0.4, 0.5) is 4.79 Å². The third-order valence-electron chi connectivity index (χ3n) is 1.70. The Morgan fingerprint density at radius 3 is 3.21 bits per heavy atom. The zero-order chi connectivity index (χ0) is 9.97. The normalized spacial score (nSPS) is 19.0. The quantitative estimate of drug-likeness (QED) is 0.760. The molecule has 1 N–H and O–H groups in total. The molecule has 0 saturated heterocycles. The average molecular weight is 216 g/mol. The maximum atomic E-state index is 10.1. The van der Waals surface area contributed by atoms with Crippen LogP contribution >= 0.6 is 11.3 Å². The molecule has 0 fully saturated rings. The highest BCUT2D eigenvalue weighted by Crippen LogP contribution is 2.35. The maximum absolute atomic E-state index is 10.1. The van der Waals surface area contributed by atoms with Gasteiger partial charge in [0, 0.05) is 10.8 Å². The van der Waals surface area contributed by atoms with Gasteiger partial charge in [0.2, 0.25) is 0 Å². The molecule has 1 aromatic rings. The molecule has 0 aliphatic carbocycles. The smallest absolute Gasteiger partial charge is 0.485 e. The molecule has 0 radical (unpaired) electrons. The zero-order valence-electron chi connectivity index (χ0n) is 7.13. The first-order chi connectivity index (χ1) is 6.75. The Kier molecular flexibility index (Phi) is 2.45. The summed E-state index contributed by atoms with van der Waals surface area (Å²) in [6.45, 7) is 0.307. The van der Waals surface area contributed by atoms with Crippen molar-refractivity contribution >= 4 is 17.5 Å². The zero-order valence-corrected chi connectivity index (χ0v) is 7.95. The topological polar surface area (TPSA) is 65.0 Å². The van der Waals surface area contributed by atoms with E-state index in [1.165, 1.54) is 11.3 Å². The lowest BCUT2D eigenvalue weighted by molar-refractivity contribution is 0.0171. The first kappa shape index (κ1) is 9.14. The largest absolute Gasteiger partial charge is 0.505 e. The SMILES string of the molecule is O=C(O)OCC1COc2cscc2O1. The number of hydrogen-bond donors (Lipinski definition) is 1. The lowest BCUT2D eigenvalue weighted by Gasteiger charge is -2.23. The summed E-state index contributed by atoms with van der Waals surface area (Å²) in [6, 6.07) is 0. The van der Waals surface area contributed by atoms with Gasteiger partial charge in [-0.05, 0) is 0 Å². The summed E-state index contributed by atoms with van der Waals surface area (Å²) in [5.74, 6) is 1.36. The fourth-order valence-electron chi connectivity index (χ4n) is 1.11. The molecule has 1 aromatic heterocycles. The van der Waals surface area contributed by atoms with Crippen LogP contribution in [-0.2, 0) is 4.74 Å². The van der Waals surface area contributed by atoms with E-state index < -0.39 is 6.16 Å². The first-order valence-corrected chi connectivity index (χ1v) is 4.91. The van der Waals surface area contributed by atoms with Crippen LogP contribution in [-0.4, -0.2) is 30.6 Å². The van der Waals surface area contributed by atoms with Gasteiger partial charge in [-0.3, -0.25) is 0 Å². The lowest BCUT2D eigenvalue weighted by atomic mass is 10.3. The summed E-state index contributed by atoms with van der Waals surface area (Å²) in [6.07, 6.45) is -1.65. The van der Waals surface area contributed by atoms with Gasteiger partial charge in [0.25, 0.3) is 0 Å². The molecule has 5 nitrogen and oxygen atoms in total. The molecule has 2 rings (SSSR count). The average Bonchev–Trinajstić information content (AvgIpc) is 2.61. The third kappa shape index (κ3) is 1.90. The van der Waals surface area contributed by atoms with Crippen molar-refractivity contribution in [1.29, 1.82) is 0 Å². The summed E-state index contributed by atoms with van der Waals surface area (Å²) < 4.78 is 15.1. The van der Waals surface area contributed by atoms with Crippen molar-refractivity contribution in [2.24, 2.45) is 0 Å². The van der Waals surface area contributed by atoms with E-state index in [0.29, 0.717) is 18.1 Å². The van der Waals surface area contributed by atoms with E-state index in [1.807, 2.05) is 10.8 Å². The van der Waals surface area contributed by atoms with Crippen LogP contribution in [0.1, 0.15) is 0 Å². The number of fused-ring (bicyclic) bond motifs is 1. The molecule has 1 atom stereocenters. The van der Waals surface area contributed by atoms with Gasteiger partial charge < -0.3 is 19.3 Å². The van der Waals surface area contributed by atoms with Gasteiger partial charge in [0.15, 0.2) is 17.6 Å². The van der Waals surface area contributed by atoms with Gasteiger partial charge in [-0.15, -0.1) is 11.3 Å². The predicted octanol–water partition coefficient (Wildman–Crippen LogP) is 1.58. The van der Waals surface area contributed by atoms with E-state index in [9.17, 15) is 4.79 Å². The van der Waals surface area contributed by atoms with Crippen molar-refractivity contribution in [3.63, 3.8) is 0 Å². The van der Waals surface area contributed by atoms with Crippen molar-refractivity contribution in [1.82, 2.24) is 0 Å². The van der Waals surface area contributed by atoms with Gasteiger partial charge in [-0.1, -0.05) is 0 Å². The Hall–Kier alpha value is -1.43. The Balaban J connectivity index is 1.91. The third-order valence-corrected chi connectivity index (χ3v) is 2.40. The van der Waals surface area contributed by atoms with E-state index in [1.54, 1.807) is 0 Å². The number of rotatable bonds is 2. The molecule has 1 aliphatic heterocycles. The standard InChI is InChI=1S/C8H8O5S/c9-8(10)12-2-5-1-11-6-3-14-4-7(6)13-5/h3-5H,1-2H2,(H,9,10). The first-order valence-electron chi connectivity index (χ1n) is 3.97. The van der Waals surface area contributed by atoms with Crippen molar-refractivity contribution in [3.8, 4) is 11.5 Å². The highest BCUT2D eigenvalue weighted by atomic mass is 32.1. The summed E-state index contributed by atoms with van der Waals surface area (Å²) in [5, 5.41) is 11.9.